The van der Waals surface area contributed by atoms with E-state index < -0.39 is 0 Å². The van der Waals surface area contributed by atoms with Gasteiger partial charge in [0.05, 0.1) is 13.2 Å². The molecular formula is C10H14BNO2. The van der Waals surface area contributed by atoms with Gasteiger partial charge >= 0.3 is 7.48 Å². The van der Waals surface area contributed by atoms with Gasteiger partial charge in [-0.1, -0.05) is 17.6 Å². The summed E-state index contributed by atoms with van der Waals surface area (Å²) in [5.74, 6) is 0. The van der Waals surface area contributed by atoms with Crippen molar-refractivity contribution in [1.29, 1.82) is 0 Å². The maximum atomic E-state index is 8.91. The molecule has 74 valence electrons. The van der Waals surface area contributed by atoms with E-state index in [2.05, 4.69) is 17.0 Å². The molecule has 1 saturated heterocycles. The van der Waals surface area contributed by atoms with Crippen molar-refractivity contribution < 1.29 is 9.76 Å². The number of ether oxygens (including phenoxy) is 1. The molecule has 0 bridgehead atoms. The Morgan fingerprint density at radius 1 is 1.14 bits per heavy atom. The second kappa shape index (κ2) is 4.48. The molecule has 1 N–H and O–H groups in total. The third-order valence-corrected chi connectivity index (χ3v) is 2.50. The molecule has 0 spiro atoms. The van der Waals surface area contributed by atoms with Crippen molar-refractivity contribution in [3.63, 3.8) is 0 Å². The molecule has 0 radical (unpaired) electrons. The zero-order valence-corrected chi connectivity index (χ0v) is 8.15. The second-order valence-electron chi connectivity index (χ2n) is 3.42. The third-order valence-electron chi connectivity index (χ3n) is 2.50. The zero-order valence-electron chi connectivity index (χ0n) is 8.15. The van der Waals surface area contributed by atoms with Gasteiger partial charge in [-0.15, -0.1) is 0 Å². The monoisotopic (exact) mass is 191 g/mol. The van der Waals surface area contributed by atoms with Gasteiger partial charge in [0.15, 0.2) is 0 Å². The van der Waals surface area contributed by atoms with Gasteiger partial charge in [0, 0.05) is 18.8 Å². The molecule has 1 heterocycles. The van der Waals surface area contributed by atoms with E-state index in [-0.39, 0.29) is 7.48 Å². The average molecular weight is 191 g/mol. The minimum Gasteiger partial charge on any atom is -0.449 e. The predicted molar refractivity (Wildman–Crippen MR) is 58.5 cm³/mol. The normalized spacial score (nSPS) is 16.8. The van der Waals surface area contributed by atoms with Crippen molar-refractivity contribution in [2.45, 2.75) is 0 Å². The third kappa shape index (κ3) is 2.08. The Balaban J connectivity index is 2.07. The fourth-order valence-corrected chi connectivity index (χ4v) is 1.63. The number of hydrogen-bond acceptors (Lipinski definition) is 3. The number of anilines is 1. The lowest BCUT2D eigenvalue weighted by molar-refractivity contribution is 0.122. The van der Waals surface area contributed by atoms with E-state index in [1.807, 2.05) is 12.1 Å². The molecular weight excluding hydrogens is 177 g/mol. The fourth-order valence-electron chi connectivity index (χ4n) is 1.63. The molecule has 4 heteroatoms. The van der Waals surface area contributed by atoms with Crippen LogP contribution in [-0.4, -0.2) is 38.8 Å². The summed E-state index contributed by atoms with van der Waals surface area (Å²) in [6.07, 6.45) is 0. The van der Waals surface area contributed by atoms with Crippen LogP contribution in [0.3, 0.4) is 0 Å². The maximum Gasteiger partial charge on any atom is 0.304 e. The van der Waals surface area contributed by atoms with Crippen molar-refractivity contribution in [1.82, 2.24) is 0 Å². The first-order valence-corrected chi connectivity index (χ1v) is 4.92. The summed E-state index contributed by atoms with van der Waals surface area (Å²) in [5.41, 5.74) is 2.17. The van der Waals surface area contributed by atoms with E-state index >= 15 is 0 Å². The summed E-state index contributed by atoms with van der Waals surface area (Å²) >= 11 is 0. The summed E-state index contributed by atoms with van der Waals surface area (Å²) in [5, 5.41) is 8.91. The summed E-state index contributed by atoms with van der Waals surface area (Å²) in [7, 11) is 0.114. The lowest BCUT2D eigenvalue weighted by atomic mass is 9.89. The Morgan fingerprint density at radius 3 is 2.36 bits per heavy atom. The number of benzene rings is 1. The second-order valence-corrected chi connectivity index (χ2v) is 3.42. The molecule has 1 aliphatic rings. The van der Waals surface area contributed by atoms with Gasteiger partial charge in [-0.2, -0.15) is 0 Å². The Bertz CT molecular complexity index is 283. The van der Waals surface area contributed by atoms with Crippen LogP contribution in [0, 0.1) is 0 Å². The minimum atomic E-state index is 0.114. The standard InChI is InChI=1S/C10H14BNO2/c13-11-9-1-3-10(4-2-9)12-5-7-14-8-6-12/h1-4,11,13H,5-8H2. The smallest absolute Gasteiger partial charge is 0.304 e. The van der Waals surface area contributed by atoms with E-state index in [4.69, 9.17) is 9.76 Å². The first kappa shape index (κ1) is 9.56. The molecule has 1 aromatic rings. The van der Waals surface area contributed by atoms with E-state index in [9.17, 15) is 0 Å². The molecule has 0 atom stereocenters. The summed E-state index contributed by atoms with van der Waals surface area (Å²) in [6, 6.07) is 8.03. The first-order valence-electron chi connectivity index (χ1n) is 4.92. The van der Waals surface area contributed by atoms with Crippen molar-refractivity contribution >= 4 is 18.6 Å². The van der Waals surface area contributed by atoms with Crippen LogP contribution in [0.15, 0.2) is 24.3 Å². The van der Waals surface area contributed by atoms with Crippen LogP contribution >= 0.6 is 0 Å². The van der Waals surface area contributed by atoms with Crippen LogP contribution in [0.1, 0.15) is 0 Å². The van der Waals surface area contributed by atoms with Gasteiger partial charge < -0.3 is 14.7 Å². The first-order chi connectivity index (χ1) is 6.90. The average Bonchev–Trinajstić information content (AvgIpc) is 2.30. The van der Waals surface area contributed by atoms with Crippen molar-refractivity contribution in [2.75, 3.05) is 31.2 Å². The van der Waals surface area contributed by atoms with E-state index in [0.717, 1.165) is 31.8 Å². The lowest BCUT2D eigenvalue weighted by Gasteiger charge is -2.28. The predicted octanol–water partition coefficient (Wildman–Crippen LogP) is -0.508. The highest BCUT2D eigenvalue weighted by Crippen LogP contribution is 2.13. The zero-order chi connectivity index (χ0) is 9.80. The molecule has 0 unspecified atom stereocenters. The molecule has 1 aromatic carbocycles. The van der Waals surface area contributed by atoms with Crippen LogP contribution in [0.2, 0.25) is 0 Å². The Hall–Kier alpha value is -0.995. The van der Waals surface area contributed by atoms with E-state index in [1.54, 1.807) is 0 Å². The van der Waals surface area contributed by atoms with Gasteiger partial charge in [0.1, 0.15) is 0 Å². The molecule has 0 saturated carbocycles. The van der Waals surface area contributed by atoms with Gasteiger partial charge in [-0.25, -0.2) is 0 Å². The highest BCUT2D eigenvalue weighted by atomic mass is 16.5. The SMILES string of the molecule is OBc1ccc(N2CCOCC2)cc1. The highest BCUT2D eigenvalue weighted by Gasteiger charge is 2.10. The van der Waals surface area contributed by atoms with Gasteiger partial charge in [0.25, 0.3) is 0 Å². The van der Waals surface area contributed by atoms with E-state index in [0.29, 0.717) is 0 Å². The number of nitrogens with zero attached hydrogens (tertiary/aromatic N) is 1. The van der Waals surface area contributed by atoms with Crippen LogP contribution in [-0.2, 0) is 4.74 Å². The van der Waals surface area contributed by atoms with Crippen LogP contribution in [0.4, 0.5) is 5.69 Å². The number of rotatable bonds is 2. The van der Waals surface area contributed by atoms with Crippen LogP contribution in [0.5, 0.6) is 0 Å². The van der Waals surface area contributed by atoms with Crippen molar-refractivity contribution in [3.05, 3.63) is 24.3 Å². The van der Waals surface area contributed by atoms with Gasteiger partial charge in [-0.3, -0.25) is 0 Å². The molecule has 1 fully saturated rings. The molecule has 0 amide bonds. The molecule has 14 heavy (non-hydrogen) atoms. The quantitative estimate of drug-likeness (QED) is 0.639. The van der Waals surface area contributed by atoms with Gasteiger partial charge in [0.2, 0.25) is 0 Å². The molecule has 0 aromatic heterocycles. The minimum absolute atomic E-state index is 0.114. The Kier molecular flexibility index (Phi) is 3.06. The summed E-state index contributed by atoms with van der Waals surface area (Å²) in [4.78, 5) is 2.30. The van der Waals surface area contributed by atoms with Gasteiger partial charge in [-0.05, 0) is 12.1 Å². The van der Waals surface area contributed by atoms with Crippen molar-refractivity contribution in [2.24, 2.45) is 0 Å². The molecule has 3 nitrogen and oxygen atoms in total. The topological polar surface area (TPSA) is 32.7 Å². The fraction of sp³-hybridized carbons (Fsp3) is 0.400. The van der Waals surface area contributed by atoms with Crippen molar-refractivity contribution in [3.8, 4) is 0 Å². The summed E-state index contributed by atoms with van der Waals surface area (Å²) in [6.45, 7) is 3.53. The molecule has 1 aliphatic heterocycles. The lowest BCUT2D eigenvalue weighted by Crippen LogP contribution is -2.36. The Morgan fingerprint density at radius 2 is 1.79 bits per heavy atom. The largest absolute Gasteiger partial charge is 0.449 e. The number of morpholine rings is 1. The maximum absolute atomic E-state index is 8.91. The highest BCUT2D eigenvalue weighted by molar-refractivity contribution is 6.45. The summed E-state index contributed by atoms with van der Waals surface area (Å²) < 4.78 is 5.28. The van der Waals surface area contributed by atoms with Crippen LogP contribution < -0.4 is 10.4 Å². The molecule has 2 rings (SSSR count). The molecule has 0 aliphatic carbocycles. The van der Waals surface area contributed by atoms with Crippen LogP contribution in [0.25, 0.3) is 0 Å². The van der Waals surface area contributed by atoms with E-state index in [1.165, 1.54) is 5.69 Å². The number of hydrogen-bond donors (Lipinski definition) is 1. The Labute approximate surface area is 84.6 Å².